The minimum atomic E-state index is -0.303. The molecule has 2 N–H and O–H groups in total. The molecule has 0 aliphatic heterocycles. The van der Waals surface area contributed by atoms with E-state index in [0.29, 0.717) is 0 Å². The maximum Gasteiger partial charge on any atom is 0.292 e. The van der Waals surface area contributed by atoms with Gasteiger partial charge < -0.3 is 5.32 Å². The number of benzene rings is 1. The fourth-order valence-corrected chi connectivity index (χ4v) is 1.74. The lowest BCUT2D eigenvalue weighted by Crippen LogP contribution is -2.14. The van der Waals surface area contributed by atoms with Gasteiger partial charge in [0, 0.05) is 10.2 Å². The van der Waals surface area contributed by atoms with Gasteiger partial charge in [0.1, 0.15) is 6.33 Å². The highest BCUT2D eigenvalue weighted by atomic mass is 79.9. The van der Waals surface area contributed by atoms with E-state index in [4.69, 9.17) is 0 Å². The van der Waals surface area contributed by atoms with Gasteiger partial charge in [-0.2, -0.15) is 5.10 Å². The van der Waals surface area contributed by atoms with Crippen molar-refractivity contribution in [2.75, 3.05) is 5.32 Å². The van der Waals surface area contributed by atoms with Crippen molar-refractivity contribution in [3.05, 3.63) is 40.4 Å². The van der Waals surface area contributed by atoms with Gasteiger partial charge in [-0.15, -0.1) is 0 Å². The second kappa shape index (κ2) is 4.44. The SMILES string of the molecule is Cc1cc(Br)ccc1NC(=O)c1ncn[nH]1. The van der Waals surface area contributed by atoms with Crippen LogP contribution >= 0.6 is 15.9 Å². The van der Waals surface area contributed by atoms with E-state index in [1.807, 2.05) is 25.1 Å². The first-order valence-electron chi connectivity index (χ1n) is 4.59. The number of aryl methyl sites for hydroxylation is 1. The van der Waals surface area contributed by atoms with E-state index in [1.165, 1.54) is 6.33 Å². The Morgan fingerprint density at radius 1 is 1.50 bits per heavy atom. The average Bonchev–Trinajstić information content (AvgIpc) is 2.75. The van der Waals surface area contributed by atoms with Crippen molar-refractivity contribution in [2.24, 2.45) is 0 Å². The molecule has 16 heavy (non-hydrogen) atoms. The largest absolute Gasteiger partial charge is 0.319 e. The zero-order valence-corrected chi connectivity index (χ0v) is 10.1. The van der Waals surface area contributed by atoms with Gasteiger partial charge in [-0.05, 0) is 30.7 Å². The summed E-state index contributed by atoms with van der Waals surface area (Å²) < 4.78 is 0.975. The molecule has 1 aromatic carbocycles. The topological polar surface area (TPSA) is 70.7 Å². The third-order valence-corrected chi connectivity index (χ3v) is 2.56. The molecule has 0 aliphatic rings. The Kier molecular flexibility index (Phi) is 3.00. The molecule has 0 aliphatic carbocycles. The average molecular weight is 281 g/mol. The molecule has 6 heteroatoms. The number of carbonyl (C=O) groups is 1. The number of aromatic amines is 1. The van der Waals surface area contributed by atoms with Crippen LogP contribution in [0.15, 0.2) is 29.0 Å². The minimum absolute atomic E-state index is 0.197. The highest BCUT2D eigenvalue weighted by Crippen LogP contribution is 2.20. The molecule has 0 atom stereocenters. The number of nitrogens with one attached hydrogen (secondary N) is 2. The molecule has 0 saturated heterocycles. The lowest BCUT2D eigenvalue weighted by Gasteiger charge is -2.06. The van der Waals surface area contributed by atoms with Crippen LogP contribution in [0.5, 0.6) is 0 Å². The van der Waals surface area contributed by atoms with Crippen LogP contribution < -0.4 is 5.32 Å². The van der Waals surface area contributed by atoms with Crippen molar-refractivity contribution in [1.82, 2.24) is 15.2 Å². The third-order valence-electron chi connectivity index (χ3n) is 2.07. The molecule has 5 nitrogen and oxygen atoms in total. The molecule has 1 amide bonds. The van der Waals surface area contributed by atoms with E-state index < -0.39 is 0 Å². The summed E-state index contributed by atoms with van der Waals surface area (Å²) in [6.45, 7) is 1.92. The fraction of sp³-hybridized carbons (Fsp3) is 0.100. The summed E-state index contributed by atoms with van der Waals surface area (Å²) in [5, 5.41) is 8.87. The zero-order chi connectivity index (χ0) is 11.5. The number of amides is 1. The Bertz CT molecular complexity index is 510. The van der Waals surface area contributed by atoms with E-state index in [0.717, 1.165) is 15.7 Å². The van der Waals surface area contributed by atoms with E-state index in [2.05, 4.69) is 36.4 Å². The predicted molar refractivity (Wildman–Crippen MR) is 63.2 cm³/mol. The number of nitrogens with zero attached hydrogens (tertiary/aromatic N) is 2. The fourth-order valence-electron chi connectivity index (χ4n) is 1.26. The smallest absolute Gasteiger partial charge is 0.292 e. The van der Waals surface area contributed by atoms with Gasteiger partial charge in [0.25, 0.3) is 5.91 Å². The lowest BCUT2D eigenvalue weighted by molar-refractivity contribution is 0.101. The Morgan fingerprint density at radius 3 is 2.94 bits per heavy atom. The number of carbonyl (C=O) groups excluding carboxylic acids is 1. The molecular formula is C10H9BrN4O. The summed E-state index contributed by atoms with van der Waals surface area (Å²) in [6, 6.07) is 5.62. The molecule has 1 heterocycles. The number of hydrogen-bond acceptors (Lipinski definition) is 3. The Hall–Kier alpha value is -1.69. The van der Waals surface area contributed by atoms with Gasteiger partial charge in [-0.3, -0.25) is 9.89 Å². The number of halogens is 1. The van der Waals surface area contributed by atoms with Crippen molar-refractivity contribution < 1.29 is 4.79 Å². The van der Waals surface area contributed by atoms with Crippen molar-refractivity contribution >= 4 is 27.5 Å². The van der Waals surface area contributed by atoms with Gasteiger partial charge in [-0.1, -0.05) is 15.9 Å². The summed E-state index contributed by atoms with van der Waals surface area (Å²) in [5.74, 6) is -0.106. The first-order valence-corrected chi connectivity index (χ1v) is 5.39. The van der Waals surface area contributed by atoms with Gasteiger partial charge >= 0.3 is 0 Å². The van der Waals surface area contributed by atoms with Crippen LogP contribution in [0.2, 0.25) is 0 Å². The zero-order valence-electron chi connectivity index (χ0n) is 8.49. The second-order valence-electron chi connectivity index (χ2n) is 3.25. The Morgan fingerprint density at radius 2 is 2.31 bits per heavy atom. The van der Waals surface area contributed by atoms with Gasteiger partial charge in [0.2, 0.25) is 5.82 Å². The summed E-state index contributed by atoms with van der Waals surface area (Å²) in [7, 11) is 0. The highest BCUT2D eigenvalue weighted by molar-refractivity contribution is 9.10. The van der Waals surface area contributed by atoms with Crippen LogP contribution in [0.1, 0.15) is 16.2 Å². The van der Waals surface area contributed by atoms with Crippen molar-refractivity contribution in [3.63, 3.8) is 0 Å². The van der Waals surface area contributed by atoms with Crippen molar-refractivity contribution in [2.45, 2.75) is 6.92 Å². The quantitative estimate of drug-likeness (QED) is 0.885. The minimum Gasteiger partial charge on any atom is -0.319 e. The van der Waals surface area contributed by atoms with Crippen LogP contribution in [-0.4, -0.2) is 21.1 Å². The molecule has 0 spiro atoms. The summed E-state index contributed by atoms with van der Waals surface area (Å²) in [4.78, 5) is 15.4. The molecular weight excluding hydrogens is 272 g/mol. The maximum absolute atomic E-state index is 11.7. The van der Waals surface area contributed by atoms with Crippen LogP contribution in [0, 0.1) is 6.92 Å². The van der Waals surface area contributed by atoms with Crippen LogP contribution in [0.4, 0.5) is 5.69 Å². The third kappa shape index (κ3) is 2.27. The predicted octanol–water partition coefficient (Wildman–Crippen LogP) is 2.13. The Balaban J connectivity index is 2.18. The van der Waals surface area contributed by atoms with E-state index in [-0.39, 0.29) is 11.7 Å². The monoisotopic (exact) mass is 280 g/mol. The number of aromatic nitrogens is 3. The lowest BCUT2D eigenvalue weighted by atomic mass is 10.2. The number of hydrogen-bond donors (Lipinski definition) is 2. The van der Waals surface area contributed by atoms with Gasteiger partial charge in [0.15, 0.2) is 0 Å². The number of anilines is 1. The van der Waals surface area contributed by atoms with Gasteiger partial charge in [0.05, 0.1) is 0 Å². The number of H-pyrrole nitrogens is 1. The molecule has 0 radical (unpaired) electrons. The summed E-state index contributed by atoms with van der Waals surface area (Å²) in [6.07, 6.45) is 1.29. The summed E-state index contributed by atoms with van der Waals surface area (Å²) >= 11 is 3.36. The maximum atomic E-state index is 11.7. The summed E-state index contributed by atoms with van der Waals surface area (Å²) in [5.41, 5.74) is 1.73. The second-order valence-corrected chi connectivity index (χ2v) is 4.16. The molecule has 1 aromatic heterocycles. The van der Waals surface area contributed by atoms with Crippen LogP contribution in [-0.2, 0) is 0 Å². The Labute approximate surface area is 100 Å². The van der Waals surface area contributed by atoms with Crippen molar-refractivity contribution in [3.8, 4) is 0 Å². The van der Waals surface area contributed by atoms with Crippen LogP contribution in [0.25, 0.3) is 0 Å². The molecule has 82 valence electrons. The van der Waals surface area contributed by atoms with E-state index >= 15 is 0 Å². The normalized spacial score (nSPS) is 10.1. The van der Waals surface area contributed by atoms with Crippen molar-refractivity contribution in [1.29, 1.82) is 0 Å². The first-order chi connectivity index (χ1) is 7.66. The first kappa shape index (κ1) is 10.8. The molecule has 0 saturated carbocycles. The standard InChI is InChI=1S/C10H9BrN4O/c1-6-4-7(11)2-3-8(6)14-10(16)9-12-5-13-15-9/h2-5H,1H3,(H,14,16)(H,12,13,15). The molecule has 0 fully saturated rings. The van der Waals surface area contributed by atoms with Crippen LogP contribution in [0.3, 0.4) is 0 Å². The van der Waals surface area contributed by atoms with Gasteiger partial charge in [-0.25, -0.2) is 4.98 Å². The molecule has 0 unspecified atom stereocenters. The molecule has 2 aromatic rings. The number of rotatable bonds is 2. The molecule has 2 rings (SSSR count). The highest BCUT2D eigenvalue weighted by Gasteiger charge is 2.09. The van der Waals surface area contributed by atoms with E-state index in [1.54, 1.807) is 0 Å². The molecule has 0 bridgehead atoms. The van der Waals surface area contributed by atoms with E-state index in [9.17, 15) is 4.79 Å².